The zero-order valence-electron chi connectivity index (χ0n) is 79.3. The van der Waals surface area contributed by atoms with Gasteiger partial charge in [-0.15, -0.1) is 0 Å². The van der Waals surface area contributed by atoms with Crippen molar-refractivity contribution in [2.45, 2.75) is 252 Å². The highest BCUT2D eigenvalue weighted by atomic mass is 19.4. The number of carbonyl (C=O) groups is 7. The van der Waals surface area contributed by atoms with Crippen molar-refractivity contribution in [1.29, 1.82) is 0 Å². The van der Waals surface area contributed by atoms with Crippen LogP contribution in [0, 0.1) is 67.5 Å². The van der Waals surface area contributed by atoms with Gasteiger partial charge in [0.1, 0.15) is 12.4 Å². The molecule has 0 heterocycles. The van der Waals surface area contributed by atoms with Crippen molar-refractivity contribution in [3.63, 3.8) is 0 Å². The molecule has 0 aliphatic heterocycles. The first kappa shape index (κ1) is 119. The van der Waals surface area contributed by atoms with E-state index in [4.69, 9.17) is 52.1 Å². The van der Waals surface area contributed by atoms with Crippen LogP contribution < -0.4 is 9.47 Å². The van der Waals surface area contributed by atoms with Crippen LogP contribution in [-0.4, -0.2) is 155 Å². The summed E-state index contributed by atoms with van der Waals surface area (Å²) >= 11 is 0. The van der Waals surface area contributed by atoms with E-state index in [1.54, 1.807) is 27.7 Å². The Labute approximate surface area is 759 Å². The second-order valence-electron chi connectivity index (χ2n) is 34.1. The molecule has 0 N–H and O–H groups in total. The first-order valence-corrected chi connectivity index (χ1v) is 43.1. The monoisotopic (exact) mass is 1870 g/mol. The third kappa shape index (κ3) is 43.1. The van der Waals surface area contributed by atoms with E-state index in [1.165, 1.54) is 75.1 Å². The lowest BCUT2D eigenvalue weighted by atomic mass is 9.91. The van der Waals surface area contributed by atoms with Crippen LogP contribution in [0.15, 0.2) is 103 Å². The summed E-state index contributed by atoms with van der Waals surface area (Å²) in [6, 6.07) is 34.4. The number of hydrogen-bond donors (Lipinski definition) is 0. The number of ether oxygens (including phenoxy) is 16. The summed E-state index contributed by atoms with van der Waals surface area (Å²) in [5.74, 6) is -16.7. The third-order valence-corrected chi connectivity index (χ3v) is 21.9. The van der Waals surface area contributed by atoms with Crippen LogP contribution >= 0.6 is 0 Å². The largest absolute Gasteiger partial charge is 0.485 e. The minimum absolute atomic E-state index is 0.00307. The molecule has 0 amide bonds. The molecular formula is C96H137F11O23. The predicted molar refractivity (Wildman–Crippen MR) is 464 cm³/mol. The summed E-state index contributed by atoms with van der Waals surface area (Å²) in [5.41, 5.74) is 4.19. The van der Waals surface area contributed by atoms with Crippen LogP contribution in [0.2, 0.25) is 0 Å². The van der Waals surface area contributed by atoms with Gasteiger partial charge >= 0.3 is 54.1 Å². The van der Waals surface area contributed by atoms with Gasteiger partial charge in [-0.1, -0.05) is 166 Å². The van der Waals surface area contributed by atoms with Gasteiger partial charge in [-0.3, -0.25) is 28.8 Å². The molecule has 1 saturated carbocycles. The Morgan fingerprint density at radius 1 is 0.392 bits per heavy atom. The number of benzene rings is 5. The maximum atomic E-state index is 13.3. The molecule has 0 aromatic heterocycles. The smallest absolute Gasteiger partial charge is 0.402 e. The molecule has 1 unspecified atom stereocenters. The Bertz CT molecular complexity index is 4040. The van der Waals surface area contributed by atoms with Gasteiger partial charge in [-0.2, -0.15) is 35.1 Å². The number of hydrogen-bond acceptors (Lipinski definition) is 23. The Morgan fingerprint density at radius 3 is 1.15 bits per heavy atom. The summed E-state index contributed by atoms with van der Waals surface area (Å²) in [4.78, 5) is 80.5. The minimum Gasteiger partial charge on any atom is -0.485 e. The highest BCUT2D eigenvalue weighted by Crippen LogP contribution is 2.45. The fourth-order valence-electron chi connectivity index (χ4n) is 10.2. The maximum absolute atomic E-state index is 13.3. The van der Waals surface area contributed by atoms with Crippen LogP contribution in [0.3, 0.4) is 0 Å². The summed E-state index contributed by atoms with van der Waals surface area (Å²) < 4.78 is 217. The van der Waals surface area contributed by atoms with Gasteiger partial charge in [0.05, 0.1) is 65.0 Å². The fraction of sp³-hybridized carbons (Fsp3) is 0.615. The van der Waals surface area contributed by atoms with Crippen molar-refractivity contribution in [2.75, 3.05) is 94.8 Å². The molecule has 23 nitrogen and oxygen atoms in total. The molecule has 5 aromatic rings. The first-order valence-electron chi connectivity index (χ1n) is 43.1. The summed E-state index contributed by atoms with van der Waals surface area (Å²) in [6.07, 6.45) is 0.467. The van der Waals surface area contributed by atoms with E-state index in [1.807, 2.05) is 138 Å². The van der Waals surface area contributed by atoms with E-state index in [0.29, 0.717) is 43.8 Å². The number of esters is 7. The topological polar surface area (TPSA) is 267 Å². The summed E-state index contributed by atoms with van der Waals surface area (Å²) in [6.45, 7) is 34.3. The Balaban J connectivity index is 0.000000767. The molecule has 2 aliphatic carbocycles. The van der Waals surface area contributed by atoms with Crippen molar-refractivity contribution in [1.82, 2.24) is 0 Å². The molecule has 1 atom stereocenters. The van der Waals surface area contributed by atoms with Gasteiger partial charge in [-0.05, 0) is 192 Å². The van der Waals surface area contributed by atoms with Crippen molar-refractivity contribution >= 4 is 41.8 Å². The number of methoxy groups -OCH3 is 2. The van der Waals surface area contributed by atoms with Crippen molar-refractivity contribution < 1.29 is 158 Å². The van der Waals surface area contributed by atoms with Gasteiger partial charge in [0.15, 0.2) is 65.8 Å². The van der Waals surface area contributed by atoms with E-state index in [2.05, 4.69) is 86.1 Å². The molecule has 0 saturated heterocycles. The second-order valence-corrected chi connectivity index (χ2v) is 34.1. The zero-order valence-corrected chi connectivity index (χ0v) is 79.3. The van der Waals surface area contributed by atoms with Gasteiger partial charge in [0.25, 0.3) is 0 Å². The number of alkyl halides is 6. The van der Waals surface area contributed by atoms with Crippen LogP contribution in [0.4, 0.5) is 48.3 Å². The van der Waals surface area contributed by atoms with Gasteiger partial charge in [0.2, 0.25) is 29.1 Å². The number of carbonyl (C=O) groups excluding carboxylic acids is 7. The zero-order chi connectivity index (χ0) is 98.9. The molecular weight excluding hydrogens is 1730 g/mol. The Kier molecular flexibility index (Phi) is 54.4. The standard InChI is InChI=1S/C21H24O3.C15H17F5O4.C14H20O4.C14H20O3.C13H24O3.C11H16F6O3.C8H16O3/c1-4-21(2,3)20(22)24-14-23-13-19-17-11-7-5-9-15(17)16-10-6-8-12-18(16)19;1-4-15(2,3)14(21)24-7-22-5-6-23-13-11(19)9(17)8(16)10(18)12(13)20;1-4-11(2)12-5-7-13(8-6-12)17-9-14(15)18-10-16-3;1-4-14(2,3)13(15)17-11-16-10-12-8-6-5-7-9-12;1-4-13(2,3)12(14)16-10-15-11-8-6-5-7-9-11;1-4-9(2,3)8(18)20-6-19-5-7(10(12,13)14)11(15,16)17;1-5-8(2,3)7(9)11-6-10-4/h5-12,19H,4,13-14H2,1-3H3;4-7H2,1-3H3;5-8,11H,4,9-10H2,1-3H3;5-9H,4,10-11H2,1-3H3;11H,4-10H2,1-3H3;7H,4-6H2,1-3H3;5-6H2,1-4H3. The van der Waals surface area contributed by atoms with Crippen LogP contribution in [0.25, 0.3) is 11.1 Å². The van der Waals surface area contributed by atoms with Gasteiger partial charge in [0, 0.05) is 20.1 Å². The number of rotatable bonds is 42. The highest BCUT2D eigenvalue weighted by Gasteiger charge is 2.57. The Hall–Kier alpha value is -9.06. The maximum Gasteiger partial charge on any atom is 0.402 e. The van der Waals surface area contributed by atoms with E-state index in [-0.39, 0.29) is 77.0 Å². The normalized spacial score (nSPS) is 13.1. The average Bonchev–Trinajstić information content (AvgIpc) is 1.60. The molecule has 0 bridgehead atoms. The van der Waals surface area contributed by atoms with E-state index in [9.17, 15) is 81.9 Å². The van der Waals surface area contributed by atoms with E-state index < -0.39 is 130 Å². The molecule has 0 radical (unpaired) electrons. The highest BCUT2D eigenvalue weighted by molar-refractivity contribution is 5.80. The SMILES string of the molecule is CCC(C)(C)C(=O)OCOC.CCC(C)(C)C(=O)OCOC1CCCCC1.CCC(C)(C)C(=O)OCOCC(C(F)(F)F)C(F)(F)F.CCC(C)(C)C(=O)OCOCC1c2ccccc2-c2ccccc21.CCC(C)(C)C(=O)OCOCCOc1c(F)c(F)c(F)c(F)c1F.CCC(C)(C)C(=O)OCOCc1ccccc1.CCC(C)c1ccc(OCC(=O)OCOC)cc1. The molecule has 0 spiro atoms. The summed E-state index contributed by atoms with van der Waals surface area (Å²) in [5, 5.41) is 0. The van der Waals surface area contributed by atoms with Crippen molar-refractivity contribution in [3.05, 3.63) is 154 Å². The molecule has 7 rings (SSSR count). The van der Waals surface area contributed by atoms with Gasteiger partial charge in [-0.25, -0.2) is 18.0 Å². The van der Waals surface area contributed by atoms with Crippen molar-refractivity contribution in [3.8, 4) is 22.6 Å². The quantitative estimate of drug-likeness (QED) is 0.00668. The van der Waals surface area contributed by atoms with Gasteiger partial charge < -0.3 is 75.8 Å². The lowest BCUT2D eigenvalue weighted by Gasteiger charge is -2.24. The molecule has 736 valence electrons. The minimum atomic E-state index is -5.47. The average molecular weight is 1870 g/mol. The first-order chi connectivity index (χ1) is 60.8. The second kappa shape index (κ2) is 59.5. The lowest BCUT2D eigenvalue weighted by molar-refractivity contribution is -0.297. The van der Waals surface area contributed by atoms with E-state index in [0.717, 1.165) is 50.5 Å². The molecule has 5 aromatic carbocycles. The van der Waals surface area contributed by atoms with E-state index >= 15 is 0 Å². The molecule has 1 fully saturated rings. The number of halogens is 11. The number of fused-ring (bicyclic) bond motifs is 3. The van der Waals surface area contributed by atoms with Crippen LogP contribution in [-0.2, 0) is 106 Å². The fourth-order valence-corrected chi connectivity index (χ4v) is 10.2. The van der Waals surface area contributed by atoms with Crippen molar-refractivity contribution in [2.24, 2.45) is 38.4 Å². The van der Waals surface area contributed by atoms with Crippen LogP contribution in [0.1, 0.15) is 250 Å². The Morgan fingerprint density at radius 2 is 0.754 bits per heavy atom. The molecule has 2 aliphatic rings. The molecule has 130 heavy (non-hydrogen) atoms. The lowest BCUT2D eigenvalue weighted by Crippen LogP contribution is -2.40. The molecule has 34 heteroatoms. The van der Waals surface area contributed by atoms with Crippen LogP contribution in [0.5, 0.6) is 11.5 Å². The third-order valence-electron chi connectivity index (χ3n) is 21.9. The summed E-state index contributed by atoms with van der Waals surface area (Å²) in [7, 11) is 2.95. The predicted octanol–water partition coefficient (Wildman–Crippen LogP) is 22.9.